The third kappa shape index (κ3) is 2.51. The number of nitrogens with zero attached hydrogens (tertiary/aromatic N) is 3. The van der Waals surface area contributed by atoms with Crippen molar-refractivity contribution in [3.8, 4) is 0 Å². The molecule has 2 aromatic heterocycles. The summed E-state index contributed by atoms with van der Waals surface area (Å²) < 4.78 is 0. The fraction of sp³-hybridized carbons (Fsp3) is 0.188. The van der Waals surface area contributed by atoms with Gasteiger partial charge >= 0.3 is 0 Å². The Morgan fingerprint density at radius 2 is 1.85 bits per heavy atom. The summed E-state index contributed by atoms with van der Waals surface area (Å²) in [6.07, 6.45) is 7.12. The number of rotatable bonds is 4. The van der Waals surface area contributed by atoms with Crippen LogP contribution < -0.4 is 5.32 Å². The van der Waals surface area contributed by atoms with Crippen LogP contribution in [0.1, 0.15) is 24.1 Å². The van der Waals surface area contributed by atoms with Gasteiger partial charge in [-0.05, 0) is 35.9 Å². The molecule has 2 heterocycles. The minimum Gasteiger partial charge on any atom is -0.306 e. The van der Waals surface area contributed by atoms with Crippen molar-refractivity contribution in [2.24, 2.45) is 0 Å². The van der Waals surface area contributed by atoms with E-state index in [4.69, 9.17) is 0 Å². The van der Waals surface area contributed by atoms with Crippen molar-refractivity contribution in [1.29, 1.82) is 0 Å². The molecule has 0 fully saturated rings. The van der Waals surface area contributed by atoms with E-state index in [9.17, 15) is 0 Å². The third-order valence-corrected chi connectivity index (χ3v) is 3.25. The van der Waals surface area contributed by atoms with Crippen molar-refractivity contribution in [1.82, 2.24) is 20.3 Å². The molecule has 4 nitrogen and oxygen atoms in total. The summed E-state index contributed by atoms with van der Waals surface area (Å²) >= 11 is 0. The van der Waals surface area contributed by atoms with Crippen LogP contribution in [-0.4, -0.2) is 21.5 Å². The summed E-state index contributed by atoms with van der Waals surface area (Å²) in [4.78, 5) is 12.9. The summed E-state index contributed by atoms with van der Waals surface area (Å²) in [7, 11) is 0. The molecule has 100 valence electrons. The molecule has 1 aromatic carbocycles. The van der Waals surface area contributed by atoms with Crippen LogP contribution in [0.3, 0.4) is 0 Å². The third-order valence-electron chi connectivity index (χ3n) is 3.25. The molecule has 1 unspecified atom stereocenters. The summed E-state index contributed by atoms with van der Waals surface area (Å²) in [5, 5.41) is 3.49. The minimum atomic E-state index is 0.125. The lowest BCUT2D eigenvalue weighted by atomic mass is 9.99. The number of benzene rings is 1. The molecule has 0 bridgehead atoms. The zero-order valence-electron chi connectivity index (χ0n) is 11.3. The molecule has 3 aromatic rings. The predicted octanol–water partition coefficient (Wildman–Crippen LogP) is 2.72. The number of fused-ring (bicyclic) bond motifs is 1. The molecule has 3 rings (SSSR count). The Labute approximate surface area is 117 Å². The molecule has 0 radical (unpaired) electrons. The normalized spacial score (nSPS) is 12.4. The molecule has 1 atom stereocenters. The van der Waals surface area contributed by atoms with Crippen molar-refractivity contribution in [2.45, 2.75) is 13.0 Å². The van der Waals surface area contributed by atoms with Crippen molar-refractivity contribution in [2.75, 3.05) is 6.54 Å². The van der Waals surface area contributed by atoms with E-state index in [1.165, 1.54) is 5.56 Å². The largest absolute Gasteiger partial charge is 0.306 e. The van der Waals surface area contributed by atoms with Gasteiger partial charge in [-0.15, -0.1) is 0 Å². The molecular weight excluding hydrogens is 248 g/mol. The van der Waals surface area contributed by atoms with Crippen LogP contribution in [0.2, 0.25) is 0 Å². The molecular formula is C16H16N4. The predicted molar refractivity (Wildman–Crippen MR) is 79.3 cm³/mol. The summed E-state index contributed by atoms with van der Waals surface area (Å²) in [5.74, 6) is 0. The summed E-state index contributed by atoms with van der Waals surface area (Å²) in [5.41, 5.74) is 4.15. The molecule has 0 aliphatic rings. The van der Waals surface area contributed by atoms with E-state index in [1.807, 2.05) is 18.3 Å². The average Bonchev–Trinajstić information content (AvgIpc) is 2.53. The van der Waals surface area contributed by atoms with Gasteiger partial charge in [0.15, 0.2) is 0 Å². The smallest absolute Gasteiger partial charge is 0.0890 e. The van der Waals surface area contributed by atoms with E-state index >= 15 is 0 Å². The first-order chi connectivity index (χ1) is 9.88. The van der Waals surface area contributed by atoms with Gasteiger partial charge in [0, 0.05) is 24.8 Å². The van der Waals surface area contributed by atoms with Gasteiger partial charge in [-0.2, -0.15) is 0 Å². The number of hydrogen-bond donors (Lipinski definition) is 1. The molecule has 0 saturated carbocycles. The van der Waals surface area contributed by atoms with Crippen molar-refractivity contribution >= 4 is 11.0 Å². The second-order valence-corrected chi connectivity index (χ2v) is 4.58. The fourth-order valence-corrected chi connectivity index (χ4v) is 2.34. The lowest BCUT2D eigenvalue weighted by Crippen LogP contribution is -2.22. The first kappa shape index (κ1) is 12.7. The standard InChI is InChI=1S/C16H16N4/c1-2-18-16(13-4-3-7-17-11-13)12-5-6-14-15(10-12)20-9-8-19-14/h3-11,16,18H,2H2,1H3. The Hall–Kier alpha value is -2.33. The van der Waals surface area contributed by atoms with Crippen LogP contribution in [0.15, 0.2) is 55.1 Å². The first-order valence-corrected chi connectivity index (χ1v) is 6.72. The van der Waals surface area contributed by atoms with Crippen molar-refractivity contribution in [3.05, 3.63) is 66.2 Å². The van der Waals surface area contributed by atoms with Gasteiger partial charge < -0.3 is 5.32 Å². The lowest BCUT2D eigenvalue weighted by molar-refractivity contribution is 0.629. The summed E-state index contributed by atoms with van der Waals surface area (Å²) in [6.45, 7) is 2.99. The molecule has 1 N–H and O–H groups in total. The molecule has 0 saturated heterocycles. The van der Waals surface area contributed by atoms with E-state index in [0.29, 0.717) is 0 Å². The number of nitrogens with one attached hydrogen (secondary N) is 1. The Bertz CT molecular complexity index is 697. The number of pyridine rings is 1. The van der Waals surface area contributed by atoms with Crippen molar-refractivity contribution in [3.63, 3.8) is 0 Å². The first-order valence-electron chi connectivity index (χ1n) is 6.72. The van der Waals surface area contributed by atoms with Gasteiger partial charge in [0.05, 0.1) is 17.1 Å². The molecule has 0 aliphatic carbocycles. The zero-order chi connectivity index (χ0) is 13.8. The Kier molecular flexibility index (Phi) is 3.65. The van der Waals surface area contributed by atoms with Gasteiger partial charge in [-0.1, -0.05) is 19.1 Å². The van der Waals surface area contributed by atoms with E-state index in [2.05, 4.69) is 45.4 Å². The highest BCUT2D eigenvalue weighted by Gasteiger charge is 2.13. The highest BCUT2D eigenvalue weighted by molar-refractivity contribution is 5.74. The second-order valence-electron chi connectivity index (χ2n) is 4.58. The Morgan fingerprint density at radius 1 is 1.00 bits per heavy atom. The highest BCUT2D eigenvalue weighted by atomic mass is 14.9. The summed E-state index contributed by atoms with van der Waals surface area (Å²) in [6, 6.07) is 10.4. The van der Waals surface area contributed by atoms with Crippen LogP contribution in [0.5, 0.6) is 0 Å². The maximum absolute atomic E-state index is 4.37. The van der Waals surface area contributed by atoms with Gasteiger partial charge in [0.1, 0.15) is 0 Å². The van der Waals surface area contributed by atoms with Crippen LogP contribution in [-0.2, 0) is 0 Å². The molecule has 0 amide bonds. The van der Waals surface area contributed by atoms with Crippen LogP contribution in [0.4, 0.5) is 0 Å². The topological polar surface area (TPSA) is 50.7 Å². The van der Waals surface area contributed by atoms with E-state index in [0.717, 1.165) is 23.1 Å². The van der Waals surface area contributed by atoms with Crippen LogP contribution in [0.25, 0.3) is 11.0 Å². The number of hydrogen-bond acceptors (Lipinski definition) is 4. The van der Waals surface area contributed by atoms with Gasteiger partial charge in [0.2, 0.25) is 0 Å². The molecule has 0 spiro atoms. The van der Waals surface area contributed by atoms with Gasteiger partial charge in [0.25, 0.3) is 0 Å². The second kappa shape index (κ2) is 5.75. The lowest BCUT2D eigenvalue weighted by Gasteiger charge is -2.18. The Balaban J connectivity index is 2.05. The molecule has 4 heteroatoms. The Morgan fingerprint density at radius 3 is 2.60 bits per heavy atom. The monoisotopic (exact) mass is 264 g/mol. The molecule has 20 heavy (non-hydrogen) atoms. The maximum Gasteiger partial charge on any atom is 0.0890 e. The van der Waals surface area contributed by atoms with E-state index in [1.54, 1.807) is 18.6 Å². The van der Waals surface area contributed by atoms with E-state index < -0.39 is 0 Å². The van der Waals surface area contributed by atoms with Gasteiger partial charge in [-0.3, -0.25) is 15.0 Å². The fourth-order valence-electron chi connectivity index (χ4n) is 2.34. The molecule has 0 aliphatic heterocycles. The van der Waals surface area contributed by atoms with Gasteiger partial charge in [-0.25, -0.2) is 0 Å². The maximum atomic E-state index is 4.37. The minimum absolute atomic E-state index is 0.125. The number of aromatic nitrogens is 3. The SMILES string of the molecule is CCNC(c1cccnc1)c1ccc2nccnc2c1. The van der Waals surface area contributed by atoms with E-state index in [-0.39, 0.29) is 6.04 Å². The van der Waals surface area contributed by atoms with Crippen molar-refractivity contribution < 1.29 is 0 Å². The van der Waals surface area contributed by atoms with Crippen LogP contribution >= 0.6 is 0 Å². The zero-order valence-corrected chi connectivity index (χ0v) is 11.3. The highest BCUT2D eigenvalue weighted by Crippen LogP contribution is 2.23. The average molecular weight is 264 g/mol. The van der Waals surface area contributed by atoms with Crippen LogP contribution in [0, 0.1) is 0 Å². The quantitative estimate of drug-likeness (QED) is 0.787.